The molecular formula is C14H16ClN5. The van der Waals surface area contributed by atoms with Crippen LogP contribution in [0.15, 0.2) is 24.0 Å². The van der Waals surface area contributed by atoms with E-state index in [1.807, 2.05) is 0 Å². The molecule has 0 bridgehead atoms. The molecule has 104 valence electrons. The predicted molar refractivity (Wildman–Crippen MR) is 79.8 cm³/mol. The minimum atomic E-state index is 0.192. The van der Waals surface area contributed by atoms with Gasteiger partial charge in [0, 0.05) is 18.9 Å². The second-order valence-corrected chi connectivity index (χ2v) is 5.19. The maximum Gasteiger partial charge on any atom is 0.226 e. The Hall–Kier alpha value is -1.75. The van der Waals surface area contributed by atoms with Crippen molar-refractivity contribution in [2.75, 3.05) is 11.9 Å². The molecule has 1 N–H and O–H groups in total. The first kappa shape index (κ1) is 13.2. The molecule has 5 nitrogen and oxygen atoms in total. The van der Waals surface area contributed by atoms with Crippen LogP contribution in [0.4, 0.5) is 5.82 Å². The third kappa shape index (κ3) is 3.04. The molecule has 0 aromatic carbocycles. The van der Waals surface area contributed by atoms with Crippen molar-refractivity contribution < 1.29 is 0 Å². The Kier molecular flexibility index (Phi) is 4.06. The zero-order valence-corrected chi connectivity index (χ0v) is 11.9. The van der Waals surface area contributed by atoms with Crippen LogP contribution in [0.3, 0.4) is 0 Å². The van der Waals surface area contributed by atoms with E-state index in [0.29, 0.717) is 17.0 Å². The molecule has 2 heterocycles. The number of nitrogens with zero attached hydrogens (tertiary/aromatic N) is 4. The lowest BCUT2D eigenvalue weighted by molar-refractivity contribution is 0.679. The van der Waals surface area contributed by atoms with Crippen LogP contribution >= 0.6 is 11.6 Å². The van der Waals surface area contributed by atoms with Crippen molar-refractivity contribution in [2.45, 2.75) is 32.1 Å². The van der Waals surface area contributed by atoms with Crippen molar-refractivity contribution in [3.05, 3.63) is 29.3 Å². The van der Waals surface area contributed by atoms with Gasteiger partial charge in [-0.1, -0.05) is 11.6 Å². The van der Waals surface area contributed by atoms with Crippen molar-refractivity contribution in [3.8, 4) is 0 Å². The minimum Gasteiger partial charge on any atom is -0.368 e. The van der Waals surface area contributed by atoms with Crippen LogP contribution in [0.1, 0.15) is 32.1 Å². The fraction of sp³-hybridized carbons (Fsp3) is 0.429. The van der Waals surface area contributed by atoms with Gasteiger partial charge in [0.1, 0.15) is 0 Å². The molecular weight excluding hydrogens is 274 g/mol. The Balaban J connectivity index is 1.72. The van der Waals surface area contributed by atoms with Gasteiger partial charge in [-0.15, -0.1) is 0 Å². The zero-order valence-electron chi connectivity index (χ0n) is 11.1. The number of anilines is 1. The molecule has 0 saturated heterocycles. The molecule has 20 heavy (non-hydrogen) atoms. The van der Waals surface area contributed by atoms with Crippen molar-refractivity contribution in [1.29, 1.82) is 0 Å². The summed E-state index contributed by atoms with van der Waals surface area (Å²) >= 11 is 5.91. The van der Waals surface area contributed by atoms with E-state index in [9.17, 15) is 0 Å². The van der Waals surface area contributed by atoms with Crippen LogP contribution in [-0.4, -0.2) is 26.5 Å². The topological polar surface area (TPSA) is 63.6 Å². The number of rotatable bonds is 4. The fourth-order valence-corrected chi connectivity index (χ4v) is 2.60. The number of allylic oxidation sites excluding steroid dienone is 1. The maximum absolute atomic E-state index is 5.91. The molecule has 6 heteroatoms. The summed E-state index contributed by atoms with van der Waals surface area (Å²) in [7, 11) is 0. The molecule has 1 aliphatic rings. The Morgan fingerprint density at radius 2 is 2.05 bits per heavy atom. The molecule has 1 aliphatic carbocycles. The molecule has 0 aliphatic heterocycles. The van der Waals surface area contributed by atoms with Crippen LogP contribution < -0.4 is 5.32 Å². The monoisotopic (exact) mass is 289 g/mol. The largest absolute Gasteiger partial charge is 0.368 e. The first-order valence-electron chi connectivity index (χ1n) is 6.89. The van der Waals surface area contributed by atoms with Gasteiger partial charge < -0.3 is 5.32 Å². The van der Waals surface area contributed by atoms with Gasteiger partial charge in [0.2, 0.25) is 5.28 Å². The molecule has 0 amide bonds. The first-order chi connectivity index (χ1) is 9.83. The quantitative estimate of drug-likeness (QED) is 0.690. The number of hydrogen-bond acceptors (Lipinski definition) is 5. The van der Waals surface area contributed by atoms with Gasteiger partial charge in [0.25, 0.3) is 0 Å². The number of aromatic nitrogens is 4. The van der Waals surface area contributed by atoms with E-state index in [2.05, 4.69) is 31.3 Å². The lowest BCUT2D eigenvalue weighted by Crippen LogP contribution is -2.07. The Morgan fingerprint density at radius 1 is 1.15 bits per heavy atom. The Morgan fingerprint density at radius 3 is 2.90 bits per heavy atom. The highest BCUT2D eigenvalue weighted by Crippen LogP contribution is 2.21. The Bertz CT molecular complexity index is 640. The zero-order chi connectivity index (χ0) is 13.8. The fourth-order valence-electron chi connectivity index (χ4n) is 2.43. The van der Waals surface area contributed by atoms with Gasteiger partial charge in [-0.05, 0) is 43.7 Å². The second-order valence-electron chi connectivity index (χ2n) is 4.85. The van der Waals surface area contributed by atoms with Crippen LogP contribution in [-0.2, 0) is 0 Å². The van der Waals surface area contributed by atoms with Crippen molar-refractivity contribution in [3.63, 3.8) is 0 Å². The SMILES string of the molecule is Clc1nc(NCCC2=CCCCC2)c2nccnc2n1. The second kappa shape index (κ2) is 6.13. The summed E-state index contributed by atoms with van der Waals surface area (Å²) in [6, 6.07) is 0. The summed E-state index contributed by atoms with van der Waals surface area (Å²) < 4.78 is 0. The first-order valence-corrected chi connectivity index (χ1v) is 7.27. The average molecular weight is 290 g/mol. The molecule has 0 saturated carbocycles. The van der Waals surface area contributed by atoms with E-state index in [-0.39, 0.29) is 5.28 Å². The van der Waals surface area contributed by atoms with Gasteiger partial charge in [-0.25, -0.2) is 9.97 Å². The van der Waals surface area contributed by atoms with E-state index in [4.69, 9.17) is 11.6 Å². The summed E-state index contributed by atoms with van der Waals surface area (Å²) in [6.45, 7) is 0.824. The molecule has 0 fully saturated rings. The molecule has 0 atom stereocenters. The average Bonchev–Trinajstić information content (AvgIpc) is 2.48. The Labute approximate surface area is 122 Å². The van der Waals surface area contributed by atoms with Crippen molar-refractivity contribution in [1.82, 2.24) is 19.9 Å². The normalized spacial score (nSPS) is 15.2. The standard InChI is InChI=1S/C14H16ClN5/c15-14-19-12(11-13(20-14)18-9-8-16-11)17-7-6-10-4-2-1-3-5-10/h4,8-9H,1-3,5-7H2,(H,17,18,19,20). The van der Waals surface area contributed by atoms with Gasteiger partial charge >= 0.3 is 0 Å². The molecule has 2 aromatic heterocycles. The lowest BCUT2D eigenvalue weighted by Gasteiger charge is -2.13. The van der Waals surface area contributed by atoms with E-state index in [1.165, 1.54) is 31.3 Å². The highest BCUT2D eigenvalue weighted by atomic mass is 35.5. The van der Waals surface area contributed by atoms with Crippen LogP contribution in [0.25, 0.3) is 11.2 Å². The van der Waals surface area contributed by atoms with Crippen molar-refractivity contribution in [2.24, 2.45) is 0 Å². The highest BCUT2D eigenvalue weighted by molar-refractivity contribution is 6.28. The van der Waals surface area contributed by atoms with Crippen LogP contribution in [0.5, 0.6) is 0 Å². The minimum absolute atomic E-state index is 0.192. The molecule has 0 radical (unpaired) electrons. The van der Waals surface area contributed by atoms with Crippen molar-refractivity contribution >= 4 is 28.6 Å². The van der Waals surface area contributed by atoms with Gasteiger partial charge in [-0.2, -0.15) is 9.97 Å². The van der Waals surface area contributed by atoms with Crippen LogP contribution in [0.2, 0.25) is 5.28 Å². The maximum atomic E-state index is 5.91. The summed E-state index contributed by atoms with van der Waals surface area (Å²) in [5.74, 6) is 0.657. The molecule has 2 aromatic rings. The lowest BCUT2D eigenvalue weighted by atomic mass is 9.97. The number of nitrogens with one attached hydrogen (secondary N) is 1. The van der Waals surface area contributed by atoms with E-state index in [0.717, 1.165) is 13.0 Å². The smallest absolute Gasteiger partial charge is 0.226 e. The van der Waals surface area contributed by atoms with Gasteiger partial charge in [0.05, 0.1) is 0 Å². The van der Waals surface area contributed by atoms with E-state index in [1.54, 1.807) is 12.4 Å². The van der Waals surface area contributed by atoms with E-state index < -0.39 is 0 Å². The predicted octanol–water partition coefficient (Wildman–Crippen LogP) is 3.38. The highest BCUT2D eigenvalue weighted by Gasteiger charge is 2.09. The number of hydrogen-bond donors (Lipinski definition) is 1. The van der Waals surface area contributed by atoms with Gasteiger partial charge in [-0.3, -0.25) is 0 Å². The summed E-state index contributed by atoms with van der Waals surface area (Å²) in [5, 5.41) is 3.49. The summed E-state index contributed by atoms with van der Waals surface area (Å²) in [5.41, 5.74) is 2.71. The molecule has 3 rings (SSSR count). The summed E-state index contributed by atoms with van der Waals surface area (Å²) in [6.07, 6.45) is 11.7. The van der Waals surface area contributed by atoms with Crippen LogP contribution in [0, 0.1) is 0 Å². The number of fused-ring (bicyclic) bond motifs is 1. The summed E-state index contributed by atoms with van der Waals surface area (Å²) in [4.78, 5) is 16.7. The third-order valence-electron chi connectivity index (χ3n) is 3.43. The van der Waals surface area contributed by atoms with Gasteiger partial charge in [0.15, 0.2) is 17.0 Å². The van der Waals surface area contributed by atoms with E-state index >= 15 is 0 Å². The third-order valence-corrected chi connectivity index (χ3v) is 3.60. The molecule has 0 unspecified atom stereocenters. The number of halogens is 1. The molecule has 0 spiro atoms.